The van der Waals surface area contributed by atoms with E-state index in [-0.39, 0.29) is 36.0 Å². The van der Waals surface area contributed by atoms with E-state index in [1.807, 2.05) is 12.1 Å². The van der Waals surface area contributed by atoms with Gasteiger partial charge in [-0.1, -0.05) is 13.0 Å². The van der Waals surface area contributed by atoms with Crippen molar-refractivity contribution in [1.29, 1.82) is 0 Å². The number of aromatic amines is 1. The Morgan fingerprint density at radius 1 is 1.00 bits per heavy atom. The van der Waals surface area contributed by atoms with E-state index in [0.29, 0.717) is 17.7 Å². The molecular weight excluding hydrogens is 604 g/mol. The first-order valence-electron chi connectivity index (χ1n) is 16.1. The van der Waals surface area contributed by atoms with Crippen molar-refractivity contribution >= 4 is 34.9 Å². The fraction of sp³-hybridized carbons (Fsp3) is 0.472. The number of methoxy groups -OCH3 is 4. The van der Waals surface area contributed by atoms with Crippen molar-refractivity contribution in [3.05, 3.63) is 59.3 Å². The van der Waals surface area contributed by atoms with Gasteiger partial charge in [-0.3, -0.25) is 14.5 Å². The Morgan fingerprint density at radius 3 is 2.55 bits per heavy atom. The van der Waals surface area contributed by atoms with Gasteiger partial charge in [0, 0.05) is 55.4 Å². The summed E-state index contributed by atoms with van der Waals surface area (Å²) >= 11 is 0. The molecule has 0 unspecified atom stereocenters. The fourth-order valence-electron chi connectivity index (χ4n) is 7.78. The van der Waals surface area contributed by atoms with Crippen molar-refractivity contribution in [2.45, 2.75) is 50.9 Å². The molecule has 2 aliphatic heterocycles. The highest BCUT2D eigenvalue weighted by molar-refractivity contribution is 5.88. The third-order valence-electron chi connectivity index (χ3n) is 9.98. The number of nitrogens with zero attached hydrogens (tertiary/aromatic N) is 1. The van der Waals surface area contributed by atoms with Gasteiger partial charge in [-0.2, -0.15) is 0 Å². The minimum absolute atomic E-state index is 0.0189. The molecule has 11 heteroatoms. The number of piperidine rings is 1. The van der Waals surface area contributed by atoms with E-state index in [0.717, 1.165) is 37.2 Å². The van der Waals surface area contributed by atoms with E-state index < -0.39 is 30.1 Å². The van der Waals surface area contributed by atoms with Crippen molar-refractivity contribution in [1.82, 2.24) is 9.88 Å². The van der Waals surface area contributed by atoms with Crippen LogP contribution in [0.1, 0.15) is 49.0 Å². The van der Waals surface area contributed by atoms with Crippen molar-refractivity contribution in [2.24, 2.45) is 17.8 Å². The van der Waals surface area contributed by atoms with Gasteiger partial charge in [0.1, 0.15) is 18.0 Å². The first kappa shape index (κ1) is 32.6. The molecule has 1 saturated heterocycles. The molecule has 1 N–H and O–H groups in total. The van der Waals surface area contributed by atoms with Gasteiger partial charge in [0.2, 0.25) is 0 Å². The normalized spacial score (nSPS) is 25.4. The average Bonchev–Trinajstić information content (AvgIpc) is 3.47. The minimum Gasteiger partial charge on any atom is -0.497 e. The number of nitrogens with one attached hydrogen (secondary N) is 1. The Balaban J connectivity index is 1.21. The predicted molar refractivity (Wildman–Crippen MR) is 173 cm³/mol. The van der Waals surface area contributed by atoms with Gasteiger partial charge >= 0.3 is 17.9 Å². The summed E-state index contributed by atoms with van der Waals surface area (Å²) in [5.74, 6) is -0.356. The smallest absolute Gasteiger partial charge is 0.331 e. The molecule has 47 heavy (non-hydrogen) atoms. The van der Waals surface area contributed by atoms with Crippen molar-refractivity contribution in [3.8, 4) is 17.2 Å². The first-order valence-corrected chi connectivity index (χ1v) is 16.1. The molecule has 1 aromatic heterocycles. The molecular formula is C36H42N2O9. The van der Waals surface area contributed by atoms with Crippen LogP contribution in [0.15, 0.2) is 42.5 Å². The molecule has 1 aliphatic carbocycles. The molecule has 3 aromatic rings. The number of hydrogen-bond acceptors (Lipinski definition) is 10. The predicted octanol–water partition coefficient (Wildman–Crippen LogP) is 4.87. The number of benzene rings is 2. The molecule has 2 aromatic carbocycles. The standard InChI is InChI=1S/C36H42N2O9/c1-6-31(39)46-29-15-20(7-11-28(29)43-3)8-12-32(40)47-30-16-21-19-38-14-13-24-23-10-9-22(42-2)17-26(23)37-34(24)27(38)18-25(21)33(35(30)44-4)36(41)45-5/h7-12,15,17,21,25,27,30,33,35,37H,6,13-14,16,18-19H2,1-5H3/b12-8+/t21-,25+,27-,30-,33+,35+/m1/s1. The summed E-state index contributed by atoms with van der Waals surface area (Å²) < 4.78 is 33.4. The number of hydrogen-bond donors (Lipinski definition) is 1. The SMILES string of the molecule is CCC(=O)Oc1cc(/C=C/C(=O)O[C@@H]2C[C@@H]3CN4CCc5c([nH]c6cc(OC)ccc56)[C@H]4C[C@@H]3[C@H](C(=O)OC)[C@H]2OC)ccc1OC. The highest BCUT2D eigenvalue weighted by atomic mass is 16.6. The lowest BCUT2D eigenvalue weighted by atomic mass is 9.63. The first-order chi connectivity index (χ1) is 22.8. The van der Waals surface area contributed by atoms with Crippen LogP contribution in [0, 0.1) is 17.8 Å². The minimum atomic E-state index is -0.663. The van der Waals surface area contributed by atoms with Crippen LogP contribution in [-0.4, -0.2) is 81.5 Å². The zero-order valence-electron chi connectivity index (χ0n) is 27.4. The number of fused-ring (bicyclic) bond motifs is 6. The molecule has 0 spiro atoms. The Hall–Kier alpha value is -4.35. The summed E-state index contributed by atoms with van der Waals surface area (Å²) in [7, 11) is 6.10. The molecule has 11 nitrogen and oxygen atoms in total. The van der Waals surface area contributed by atoms with E-state index >= 15 is 0 Å². The molecule has 6 rings (SSSR count). The van der Waals surface area contributed by atoms with E-state index in [4.69, 9.17) is 28.4 Å². The van der Waals surface area contributed by atoms with Crippen LogP contribution >= 0.6 is 0 Å². The van der Waals surface area contributed by atoms with Crippen LogP contribution in [0.5, 0.6) is 17.2 Å². The third kappa shape index (κ3) is 6.34. The van der Waals surface area contributed by atoms with Crippen LogP contribution in [0.4, 0.5) is 0 Å². The molecule has 0 amide bonds. The van der Waals surface area contributed by atoms with Gasteiger partial charge in [-0.05, 0) is 72.6 Å². The second-order valence-electron chi connectivity index (χ2n) is 12.4. The van der Waals surface area contributed by atoms with E-state index in [1.54, 1.807) is 45.4 Å². The number of carbonyl (C=O) groups is 3. The highest BCUT2D eigenvalue weighted by Crippen LogP contribution is 2.50. The number of aromatic nitrogens is 1. The van der Waals surface area contributed by atoms with Crippen LogP contribution in [0.25, 0.3) is 17.0 Å². The lowest BCUT2D eigenvalue weighted by Gasteiger charge is -2.52. The monoisotopic (exact) mass is 646 g/mol. The molecule has 250 valence electrons. The summed E-state index contributed by atoms with van der Waals surface area (Å²) in [6.07, 6.45) is 4.06. The molecule has 0 bridgehead atoms. The molecule has 3 aliphatic rings. The van der Waals surface area contributed by atoms with Gasteiger partial charge in [0.25, 0.3) is 0 Å². The van der Waals surface area contributed by atoms with Gasteiger partial charge in [-0.15, -0.1) is 0 Å². The molecule has 3 heterocycles. The second kappa shape index (κ2) is 13.8. The molecule has 6 atom stereocenters. The van der Waals surface area contributed by atoms with E-state index in [2.05, 4.69) is 16.0 Å². The largest absolute Gasteiger partial charge is 0.497 e. The number of H-pyrrole nitrogens is 1. The van der Waals surface area contributed by atoms with Gasteiger partial charge in [0.15, 0.2) is 11.5 Å². The van der Waals surface area contributed by atoms with Crippen LogP contribution in [0.2, 0.25) is 0 Å². The fourth-order valence-corrected chi connectivity index (χ4v) is 7.78. The van der Waals surface area contributed by atoms with E-state index in [1.165, 1.54) is 36.9 Å². The zero-order valence-corrected chi connectivity index (χ0v) is 27.4. The maximum absolute atomic E-state index is 13.4. The Bertz CT molecular complexity index is 1680. The summed E-state index contributed by atoms with van der Waals surface area (Å²) in [5, 5.41) is 1.21. The van der Waals surface area contributed by atoms with Crippen molar-refractivity contribution in [2.75, 3.05) is 41.5 Å². The molecule has 2 fully saturated rings. The van der Waals surface area contributed by atoms with E-state index in [9.17, 15) is 14.4 Å². The van der Waals surface area contributed by atoms with Crippen LogP contribution < -0.4 is 14.2 Å². The van der Waals surface area contributed by atoms with Crippen LogP contribution in [-0.2, 0) is 35.0 Å². The van der Waals surface area contributed by atoms with Crippen LogP contribution in [0.3, 0.4) is 0 Å². The Labute approximate surface area is 274 Å². The summed E-state index contributed by atoms with van der Waals surface area (Å²) in [5.41, 5.74) is 4.19. The van der Waals surface area contributed by atoms with Crippen molar-refractivity contribution in [3.63, 3.8) is 0 Å². The number of rotatable bonds is 9. The number of esters is 3. The Kier molecular flexibility index (Phi) is 9.56. The van der Waals surface area contributed by atoms with Gasteiger partial charge in [-0.25, -0.2) is 4.79 Å². The summed E-state index contributed by atoms with van der Waals surface area (Å²) in [4.78, 5) is 44.6. The quantitative estimate of drug-likeness (QED) is 0.196. The van der Waals surface area contributed by atoms with Crippen molar-refractivity contribution < 1.29 is 42.8 Å². The highest BCUT2D eigenvalue weighted by Gasteiger charge is 2.54. The maximum atomic E-state index is 13.4. The summed E-state index contributed by atoms with van der Waals surface area (Å²) in [6, 6.07) is 11.3. The number of carbonyl (C=O) groups excluding carboxylic acids is 3. The number of ether oxygens (including phenoxy) is 6. The molecule has 1 saturated carbocycles. The molecule has 0 radical (unpaired) electrons. The summed E-state index contributed by atoms with van der Waals surface area (Å²) in [6.45, 7) is 3.38. The lowest BCUT2D eigenvalue weighted by molar-refractivity contribution is -0.187. The topological polar surface area (TPSA) is 126 Å². The lowest BCUT2D eigenvalue weighted by Crippen LogP contribution is -2.58. The Morgan fingerprint density at radius 2 is 1.83 bits per heavy atom. The van der Waals surface area contributed by atoms with Gasteiger partial charge < -0.3 is 33.4 Å². The second-order valence-corrected chi connectivity index (χ2v) is 12.4. The average molecular weight is 647 g/mol. The van der Waals surface area contributed by atoms with Gasteiger partial charge in [0.05, 0.1) is 33.3 Å². The zero-order chi connectivity index (χ0) is 33.2. The third-order valence-corrected chi connectivity index (χ3v) is 9.98. The maximum Gasteiger partial charge on any atom is 0.331 e.